The van der Waals surface area contributed by atoms with Crippen molar-refractivity contribution in [2.24, 2.45) is 0 Å². The molecule has 0 amide bonds. The van der Waals surface area contributed by atoms with Gasteiger partial charge in [-0.25, -0.2) is 13.2 Å². The van der Waals surface area contributed by atoms with Gasteiger partial charge >= 0.3 is 0 Å². The molecule has 0 aliphatic heterocycles. The maximum Gasteiger partial charge on any atom is 0.224 e. The van der Waals surface area contributed by atoms with Crippen LogP contribution in [0.5, 0.6) is 5.75 Å². The van der Waals surface area contributed by atoms with E-state index in [1.165, 1.54) is 7.11 Å². The Hall–Kier alpha value is -1.15. The normalized spacial score (nSPS) is 11.8. The minimum atomic E-state index is -2.35. The lowest BCUT2D eigenvalue weighted by atomic mass is 10.3. The number of hydrogen-bond donors (Lipinski definition) is 0. The maximum atomic E-state index is 13.2. The molecule has 0 bridgehead atoms. The molecular formula is C10H11F5O2Si. The lowest BCUT2D eigenvalue weighted by molar-refractivity contribution is 0.274. The van der Waals surface area contributed by atoms with Crippen molar-refractivity contribution >= 4 is 8.32 Å². The highest BCUT2D eigenvalue weighted by Crippen LogP contribution is 2.29. The van der Waals surface area contributed by atoms with Gasteiger partial charge in [0, 0.05) is 7.11 Å². The first kappa shape index (κ1) is 14.9. The van der Waals surface area contributed by atoms with E-state index in [9.17, 15) is 22.0 Å². The zero-order valence-corrected chi connectivity index (χ0v) is 10.9. The largest absolute Gasteiger partial charge is 0.488 e. The molecule has 0 aliphatic carbocycles. The quantitative estimate of drug-likeness (QED) is 0.366. The van der Waals surface area contributed by atoms with Gasteiger partial charge in [-0.05, 0) is 13.1 Å². The van der Waals surface area contributed by atoms with Crippen molar-refractivity contribution in [3.63, 3.8) is 0 Å². The summed E-state index contributed by atoms with van der Waals surface area (Å²) in [5.74, 6) is -11.5. The zero-order valence-electron chi connectivity index (χ0n) is 9.91. The van der Waals surface area contributed by atoms with E-state index in [1.807, 2.05) is 0 Å². The summed E-state index contributed by atoms with van der Waals surface area (Å²) in [4.78, 5) is 0. The van der Waals surface area contributed by atoms with Crippen LogP contribution < -0.4 is 4.74 Å². The van der Waals surface area contributed by atoms with E-state index in [1.54, 1.807) is 13.1 Å². The third kappa shape index (κ3) is 2.81. The molecule has 0 radical (unpaired) electrons. The smallest absolute Gasteiger partial charge is 0.224 e. The molecule has 0 unspecified atom stereocenters. The molecule has 0 heterocycles. The fourth-order valence-electron chi connectivity index (χ4n) is 1.02. The Bertz CT molecular complexity index is 435. The van der Waals surface area contributed by atoms with Crippen LogP contribution in [0.4, 0.5) is 22.0 Å². The summed E-state index contributed by atoms with van der Waals surface area (Å²) in [7, 11) is -0.965. The van der Waals surface area contributed by atoms with Crippen molar-refractivity contribution in [1.82, 2.24) is 0 Å². The van der Waals surface area contributed by atoms with Gasteiger partial charge in [0.15, 0.2) is 5.75 Å². The van der Waals surface area contributed by atoms with Crippen LogP contribution in [-0.2, 0) is 4.43 Å². The van der Waals surface area contributed by atoms with Crippen molar-refractivity contribution < 1.29 is 31.1 Å². The summed E-state index contributed by atoms with van der Waals surface area (Å²) in [6, 6.07) is 0. The minimum absolute atomic E-state index is 0.234. The van der Waals surface area contributed by atoms with Gasteiger partial charge in [0.05, 0.1) is 0 Å². The first-order valence-corrected chi connectivity index (χ1v) is 8.02. The Labute approximate surface area is 101 Å². The zero-order chi connectivity index (χ0) is 14.1. The molecular weight excluding hydrogens is 275 g/mol. The highest BCUT2D eigenvalue weighted by Gasteiger charge is 2.29. The molecule has 102 valence electrons. The highest BCUT2D eigenvalue weighted by molar-refractivity contribution is 6.71. The Kier molecular flexibility index (Phi) is 4.33. The molecule has 0 N–H and O–H groups in total. The average Bonchev–Trinajstić information content (AvgIpc) is 2.34. The van der Waals surface area contributed by atoms with E-state index in [0.717, 1.165) is 0 Å². The predicted octanol–water partition coefficient (Wildman–Crippen LogP) is 3.15. The van der Waals surface area contributed by atoms with E-state index in [0.29, 0.717) is 0 Å². The van der Waals surface area contributed by atoms with Gasteiger partial charge in [0.2, 0.25) is 37.4 Å². The Morgan fingerprint density at radius 3 is 1.61 bits per heavy atom. The summed E-state index contributed by atoms with van der Waals surface area (Å²) in [6.45, 7) is 3.33. The van der Waals surface area contributed by atoms with E-state index in [2.05, 4.69) is 4.74 Å². The number of rotatable bonds is 4. The van der Waals surface area contributed by atoms with Gasteiger partial charge in [0.25, 0.3) is 0 Å². The molecule has 1 rings (SSSR count). The summed E-state index contributed by atoms with van der Waals surface area (Å²) in [6.07, 6.45) is -0.234. The van der Waals surface area contributed by atoms with E-state index >= 15 is 0 Å². The van der Waals surface area contributed by atoms with Crippen molar-refractivity contribution in [3.8, 4) is 5.75 Å². The number of ether oxygens (including phenoxy) is 1. The van der Waals surface area contributed by atoms with Crippen molar-refractivity contribution in [2.75, 3.05) is 13.3 Å². The van der Waals surface area contributed by atoms with E-state index < -0.39 is 43.2 Å². The number of benzene rings is 1. The standard InChI is InChI=1S/C10H11F5O2Si/c1-16-18(2,3)4-17-10-8(14)6(12)5(11)7(13)9(10)15/h4H2,1-3H3. The van der Waals surface area contributed by atoms with Crippen LogP contribution in [0.3, 0.4) is 0 Å². The third-order valence-corrected chi connectivity index (χ3v) is 4.23. The summed E-state index contributed by atoms with van der Waals surface area (Å²) < 4.78 is 74.6. The predicted molar refractivity (Wildman–Crippen MR) is 56.2 cm³/mol. The Balaban J connectivity index is 3.11. The molecule has 18 heavy (non-hydrogen) atoms. The Morgan fingerprint density at radius 1 is 0.833 bits per heavy atom. The topological polar surface area (TPSA) is 18.5 Å². The van der Waals surface area contributed by atoms with Gasteiger partial charge in [-0.1, -0.05) is 0 Å². The lowest BCUT2D eigenvalue weighted by Crippen LogP contribution is -2.37. The van der Waals surface area contributed by atoms with Gasteiger partial charge < -0.3 is 9.16 Å². The molecule has 0 spiro atoms. The minimum Gasteiger partial charge on any atom is -0.488 e. The van der Waals surface area contributed by atoms with Crippen molar-refractivity contribution in [1.29, 1.82) is 0 Å². The number of hydrogen-bond acceptors (Lipinski definition) is 2. The molecule has 0 fully saturated rings. The van der Waals surface area contributed by atoms with Crippen LogP contribution in [0.2, 0.25) is 13.1 Å². The fraction of sp³-hybridized carbons (Fsp3) is 0.400. The summed E-state index contributed by atoms with van der Waals surface area (Å²) in [5.41, 5.74) is 0. The molecule has 1 aromatic carbocycles. The summed E-state index contributed by atoms with van der Waals surface area (Å²) >= 11 is 0. The van der Waals surface area contributed by atoms with Crippen molar-refractivity contribution in [2.45, 2.75) is 13.1 Å². The van der Waals surface area contributed by atoms with Crippen LogP contribution >= 0.6 is 0 Å². The SMILES string of the molecule is CO[Si](C)(C)COc1c(F)c(F)c(F)c(F)c1F. The molecule has 0 aromatic heterocycles. The van der Waals surface area contributed by atoms with Crippen LogP contribution in [0, 0.1) is 29.1 Å². The van der Waals surface area contributed by atoms with E-state index in [4.69, 9.17) is 4.43 Å². The average molecular weight is 286 g/mol. The molecule has 1 aromatic rings. The van der Waals surface area contributed by atoms with Gasteiger partial charge in [-0.15, -0.1) is 0 Å². The maximum absolute atomic E-state index is 13.2. The first-order valence-electron chi connectivity index (χ1n) is 4.90. The highest BCUT2D eigenvalue weighted by atomic mass is 28.4. The van der Waals surface area contributed by atoms with Crippen LogP contribution in [0.25, 0.3) is 0 Å². The second-order valence-electron chi connectivity index (χ2n) is 4.15. The molecule has 0 aliphatic rings. The van der Waals surface area contributed by atoms with Crippen LogP contribution in [0.15, 0.2) is 0 Å². The van der Waals surface area contributed by atoms with Gasteiger partial charge in [-0.2, -0.15) is 8.78 Å². The molecule has 0 atom stereocenters. The lowest BCUT2D eigenvalue weighted by Gasteiger charge is -2.20. The molecule has 0 saturated heterocycles. The molecule has 0 saturated carbocycles. The molecule has 8 heteroatoms. The van der Waals surface area contributed by atoms with Gasteiger partial charge in [0.1, 0.15) is 6.23 Å². The first-order chi connectivity index (χ1) is 8.21. The third-order valence-electron chi connectivity index (χ3n) is 2.29. The Morgan fingerprint density at radius 2 is 1.22 bits per heavy atom. The second kappa shape index (κ2) is 5.23. The van der Waals surface area contributed by atoms with Gasteiger partial charge in [-0.3, -0.25) is 0 Å². The van der Waals surface area contributed by atoms with Crippen molar-refractivity contribution in [3.05, 3.63) is 29.1 Å². The fourth-order valence-corrected chi connectivity index (χ4v) is 1.63. The van der Waals surface area contributed by atoms with Crippen LogP contribution in [-0.4, -0.2) is 21.7 Å². The molecule has 2 nitrogen and oxygen atoms in total. The summed E-state index contributed by atoms with van der Waals surface area (Å²) in [5, 5.41) is 0. The number of halogens is 5. The van der Waals surface area contributed by atoms with Crippen LogP contribution in [0.1, 0.15) is 0 Å². The monoisotopic (exact) mass is 286 g/mol. The second-order valence-corrected chi connectivity index (χ2v) is 8.37. The van der Waals surface area contributed by atoms with E-state index in [-0.39, 0.29) is 6.23 Å².